The quantitative estimate of drug-likeness (QED) is 0.620. The summed E-state index contributed by atoms with van der Waals surface area (Å²) in [6.45, 7) is -0.279. The molecule has 1 aromatic rings. The number of halogens is 3. The van der Waals surface area contributed by atoms with Gasteiger partial charge in [0, 0.05) is 12.6 Å². The number of aldehydes is 1. The lowest BCUT2D eigenvalue weighted by atomic mass is 10.1. The van der Waals surface area contributed by atoms with E-state index in [1.807, 2.05) is 0 Å². The van der Waals surface area contributed by atoms with Gasteiger partial charge in [0.15, 0.2) is 0 Å². The van der Waals surface area contributed by atoms with Crippen LogP contribution >= 0.6 is 10.9 Å². The van der Waals surface area contributed by atoms with Gasteiger partial charge in [0.1, 0.15) is 6.29 Å². The van der Waals surface area contributed by atoms with Crippen LogP contribution in [0.2, 0.25) is 0 Å². The van der Waals surface area contributed by atoms with E-state index in [1.165, 1.54) is 12.1 Å². The normalized spacial score (nSPS) is 13.6. The molecule has 1 aromatic carbocycles. The Morgan fingerprint density at radius 2 is 1.95 bits per heavy atom. The van der Waals surface area contributed by atoms with Crippen LogP contribution in [0.1, 0.15) is 15.9 Å². The molecule has 0 aliphatic heterocycles. The summed E-state index contributed by atoms with van der Waals surface area (Å²) >= 11 is 0. The maximum Gasteiger partial charge on any atom is 0.495 e. The number of carbonyl (C=O) groups excluding carboxylic acids is 1. The summed E-state index contributed by atoms with van der Waals surface area (Å²) in [6.07, 6.45) is 0.558. The molecule has 0 spiro atoms. The SMILES string of the molecule is CN(OCc1ccccc1C=O)OS(O)(O)C(F)(F)F. The molecule has 0 bridgehead atoms. The first kappa shape index (κ1) is 16.9. The Kier molecular flexibility index (Phi) is 5.50. The van der Waals surface area contributed by atoms with E-state index in [-0.39, 0.29) is 11.8 Å². The van der Waals surface area contributed by atoms with E-state index in [0.29, 0.717) is 17.4 Å². The van der Waals surface area contributed by atoms with Crippen LogP contribution in [-0.2, 0) is 15.7 Å². The zero-order valence-corrected chi connectivity index (χ0v) is 11.0. The minimum atomic E-state index is -5.33. The first-order valence-electron chi connectivity index (χ1n) is 5.11. The fraction of sp³-hybridized carbons (Fsp3) is 0.300. The van der Waals surface area contributed by atoms with Crippen LogP contribution in [0.5, 0.6) is 0 Å². The molecule has 0 saturated carbocycles. The second kappa shape index (κ2) is 6.52. The first-order chi connectivity index (χ1) is 9.17. The summed E-state index contributed by atoms with van der Waals surface area (Å²) in [6, 6.07) is 6.23. The van der Waals surface area contributed by atoms with Gasteiger partial charge in [-0.05, 0) is 5.56 Å². The fourth-order valence-corrected chi connectivity index (χ4v) is 1.57. The minimum absolute atomic E-state index is 0.185. The van der Waals surface area contributed by atoms with Gasteiger partial charge >= 0.3 is 5.51 Å². The van der Waals surface area contributed by atoms with E-state index in [2.05, 4.69) is 4.28 Å². The molecule has 0 fully saturated rings. The smallest absolute Gasteiger partial charge is 0.300 e. The third-order valence-electron chi connectivity index (χ3n) is 2.09. The summed E-state index contributed by atoms with van der Waals surface area (Å²) in [5.41, 5.74) is -4.63. The molecule has 0 unspecified atom stereocenters. The highest BCUT2D eigenvalue weighted by molar-refractivity contribution is 8.20. The van der Waals surface area contributed by atoms with E-state index in [0.717, 1.165) is 7.05 Å². The fourth-order valence-electron chi connectivity index (χ4n) is 1.15. The van der Waals surface area contributed by atoms with Gasteiger partial charge in [0.2, 0.25) is 10.9 Å². The molecule has 0 aliphatic rings. The number of nitrogens with zero attached hydrogens (tertiary/aromatic N) is 1. The molecule has 114 valence electrons. The van der Waals surface area contributed by atoms with E-state index in [4.69, 9.17) is 13.9 Å². The van der Waals surface area contributed by atoms with Crippen LogP contribution in [0.15, 0.2) is 24.3 Å². The van der Waals surface area contributed by atoms with Crippen molar-refractivity contribution >= 4 is 17.2 Å². The van der Waals surface area contributed by atoms with Crippen LogP contribution in [0, 0.1) is 0 Å². The number of hydroxylamine groups is 2. The summed E-state index contributed by atoms with van der Waals surface area (Å²) in [4.78, 5) is 15.5. The van der Waals surface area contributed by atoms with Crippen LogP contribution in [0.25, 0.3) is 0 Å². The van der Waals surface area contributed by atoms with Crippen molar-refractivity contribution in [1.82, 2.24) is 5.23 Å². The number of benzene rings is 1. The molecule has 0 aliphatic carbocycles. The van der Waals surface area contributed by atoms with Crippen LogP contribution in [0.3, 0.4) is 0 Å². The highest BCUT2D eigenvalue weighted by atomic mass is 32.3. The van der Waals surface area contributed by atoms with Crippen molar-refractivity contribution in [3.8, 4) is 0 Å². The van der Waals surface area contributed by atoms with E-state index >= 15 is 0 Å². The van der Waals surface area contributed by atoms with E-state index in [1.54, 1.807) is 12.1 Å². The molecule has 0 aromatic heterocycles. The molecular weight excluding hydrogens is 303 g/mol. The monoisotopic (exact) mass is 315 g/mol. The van der Waals surface area contributed by atoms with Crippen molar-refractivity contribution in [3.05, 3.63) is 35.4 Å². The number of alkyl halides is 3. The predicted molar refractivity (Wildman–Crippen MR) is 64.4 cm³/mol. The van der Waals surface area contributed by atoms with Crippen molar-refractivity contribution in [3.63, 3.8) is 0 Å². The predicted octanol–water partition coefficient (Wildman–Crippen LogP) is 2.98. The van der Waals surface area contributed by atoms with Crippen molar-refractivity contribution < 1.29 is 36.2 Å². The number of carbonyl (C=O) groups is 1. The number of hydrogen-bond acceptors (Lipinski definition) is 6. The van der Waals surface area contributed by atoms with Crippen molar-refractivity contribution in [1.29, 1.82) is 0 Å². The number of rotatable bonds is 6. The molecule has 1 rings (SSSR count). The Labute approximate surface area is 114 Å². The van der Waals surface area contributed by atoms with Gasteiger partial charge in [-0.3, -0.25) is 9.63 Å². The van der Waals surface area contributed by atoms with Crippen molar-refractivity contribution in [2.75, 3.05) is 7.05 Å². The molecule has 0 radical (unpaired) electrons. The van der Waals surface area contributed by atoms with Crippen LogP contribution in [-0.4, -0.2) is 33.2 Å². The van der Waals surface area contributed by atoms with Gasteiger partial charge in [0.25, 0.3) is 0 Å². The van der Waals surface area contributed by atoms with Crippen molar-refractivity contribution in [2.24, 2.45) is 0 Å². The zero-order chi connectivity index (χ0) is 15.4. The Morgan fingerprint density at radius 3 is 2.50 bits per heavy atom. The lowest BCUT2D eigenvalue weighted by molar-refractivity contribution is -0.314. The molecule has 0 saturated heterocycles. The molecule has 2 N–H and O–H groups in total. The highest BCUT2D eigenvalue weighted by Gasteiger charge is 2.52. The summed E-state index contributed by atoms with van der Waals surface area (Å²) < 4.78 is 57.8. The Hall–Kier alpha value is -1.17. The Morgan fingerprint density at radius 1 is 1.35 bits per heavy atom. The molecule has 0 amide bonds. The van der Waals surface area contributed by atoms with Gasteiger partial charge in [0.05, 0.1) is 6.61 Å². The van der Waals surface area contributed by atoms with Gasteiger partial charge in [-0.15, -0.1) is 0 Å². The van der Waals surface area contributed by atoms with Crippen LogP contribution < -0.4 is 0 Å². The maximum absolute atomic E-state index is 12.2. The van der Waals surface area contributed by atoms with Crippen molar-refractivity contribution in [2.45, 2.75) is 12.1 Å². The Balaban J connectivity index is 2.60. The number of hydrogen-bond donors (Lipinski definition) is 2. The topological polar surface area (TPSA) is 79.2 Å². The van der Waals surface area contributed by atoms with Gasteiger partial charge in [-0.1, -0.05) is 29.5 Å². The van der Waals surface area contributed by atoms with E-state index in [9.17, 15) is 18.0 Å². The Bertz CT molecular complexity index is 468. The molecule has 10 heteroatoms. The molecule has 20 heavy (non-hydrogen) atoms. The summed E-state index contributed by atoms with van der Waals surface area (Å²) in [7, 11) is -4.37. The minimum Gasteiger partial charge on any atom is -0.300 e. The summed E-state index contributed by atoms with van der Waals surface area (Å²) in [5, 5.41) is 0.185. The highest BCUT2D eigenvalue weighted by Crippen LogP contribution is 2.56. The van der Waals surface area contributed by atoms with Gasteiger partial charge in [-0.25, -0.2) is 0 Å². The standard InChI is InChI=1S/C10H12F3NO5S/c1-14(19-20(16,17)10(11,12)13)18-7-9-5-3-2-4-8(9)6-15/h2-6,16-17H,7H2,1H3. The molecule has 6 nitrogen and oxygen atoms in total. The van der Waals surface area contributed by atoms with E-state index < -0.39 is 16.4 Å². The lowest BCUT2D eigenvalue weighted by Gasteiger charge is -2.30. The molecular formula is C10H12F3NO5S. The molecule has 0 atom stereocenters. The second-order valence-electron chi connectivity index (χ2n) is 3.55. The summed E-state index contributed by atoms with van der Waals surface area (Å²) in [5.74, 6) is 0. The van der Waals surface area contributed by atoms with Gasteiger partial charge < -0.3 is 9.11 Å². The second-order valence-corrected chi connectivity index (χ2v) is 5.15. The first-order valence-corrected chi connectivity index (χ1v) is 6.58. The maximum atomic E-state index is 12.2. The average Bonchev–Trinajstić information content (AvgIpc) is 2.34. The third-order valence-corrected chi connectivity index (χ3v) is 3.12. The van der Waals surface area contributed by atoms with Gasteiger partial charge in [-0.2, -0.15) is 17.5 Å². The largest absolute Gasteiger partial charge is 0.495 e. The third kappa shape index (κ3) is 4.44. The van der Waals surface area contributed by atoms with Crippen LogP contribution in [0.4, 0.5) is 13.2 Å². The lowest BCUT2D eigenvalue weighted by Crippen LogP contribution is -2.29. The zero-order valence-electron chi connectivity index (χ0n) is 10.2. The average molecular weight is 315 g/mol. The molecule has 0 heterocycles.